The Hall–Kier alpha value is -0.120. The monoisotopic (exact) mass is 254 g/mol. The van der Waals surface area contributed by atoms with Crippen LogP contribution in [0.3, 0.4) is 0 Å². The van der Waals surface area contributed by atoms with E-state index in [1.54, 1.807) is 0 Å². The van der Waals surface area contributed by atoms with Gasteiger partial charge in [-0.3, -0.25) is 0 Å². The number of hydrogen-bond donors (Lipinski definition) is 1. The van der Waals surface area contributed by atoms with E-state index in [1.165, 1.54) is 38.5 Å². The molecule has 3 heteroatoms. The van der Waals surface area contributed by atoms with Gasteiger partial charge in [0.15, 0.2) is 0 Å². The molecule has 2 rings (SSSR count). The lowest BCUT2D eigenvalue weighted by molar-refractivity contribution is -0.00432. The molecule has 2 unspecified atom stereocenters. The molecule has 2 fully saturated rings. The molecule has 3 nitrogen and oxygen atoms in total. The maximum atomic E-state index is 5.74. The summed E-state index contributed by atoms with van der Waals surface area (Å²) in [5, 5.41) is 3.79. The Morgan fingerprint density at radius 2 is 2.00 bits per heavy atom. The van der Waals surface area contributed by atoms with E-state index in [1.807, 2.05) is 0 Å². The Morgan fingerprint density at radius 3 is 2.50 bits per heavy atom. The van der Waals surface area contributed by atoms with E-state index in [4.69, 9.17) is 4.74 Å². The normalized spacial score (nSPS) is 29.7. The van der Waals surface area contributed by atoms with Gasteiger partial charge in [-0.1, -0.05) is 19.8 Å². The third kappa shape index (κ3) is 2.73. The topological polar surface area (TPSA) is 24.5 Å². The Labute approximate surface area is 112 Å². The standard InChI is InChI=1S/C15H30N2O/c1-4-16-14(13-8-7-11-18-12-13)15(17(2)3)9-5-6-10-15/h13-14,16H,4-12H2,1-3H3. The average molecular weight is 254 g/mol. The van der Waals surface area contributed by atoms with Gasteiger partial charge in [0.05, 0.1) is 6.61 Å². The molecule has 1 aliphatic heterocycles. The van der Waals surface area contributed by atoms with Crippen LogP contribution in [0.5, 0.6) is 0 Å². The van der Waals surface area contributed by atoms with Crippen LogP contribution in [-0.2, 0) is 4.74 Å². The highest BCUT2D eigenvalue weighted by Crippen LogP contribution is 2.40. The van der Waals surface area contributed by atoms with Crippen LogP contribution in [0.2, 0.25) is 0 Å². The summed E-state index contributed by atoms with van der Waals surface area (Å²) in [5.74, 6) is 0.694. The molecule has 18 heavy (non-hydrogen) atoms. The third-order valence-electron chi connectivity index (χ3n) is 5.03. The van der Waals surface area contributed by atoms with Crippen molar-refractivity contribution in [2.45, 2.75) is 57.0 Å². The molecule has 0 aromatic carbocycles. The molecule has 0 aromatic heterocycles. The SMILES string of the molecule is CCNC(C1CCCOC1)C1(N(C)C)CCCC1. The number of likely N-dealkylation sites (N-methyl/N-ethyl adjacent to an activating group) is 2. The molecule has 2 atom stereocenters. The third-order valence-corrected chi connectivity index (χ3v) is 5.03. The second-order valence-electron chi connectivity index (χ2n) is 6.22. The predicted octanol–water partition coefficient (Wildman–Crippen LogP) is 2.27. The van der Waals surface area contributed by atoms with Gasteiger partial charge in [-0.05, 0) is 52.2 Å². The summed E-state index contributed by atoms with van der Waals surface area (Å²) in [6.45, 7) is 5.21. The van der Waals surface area contributed by atoms with E-state index >= 15 is 0 Å². The summed E-state index contributed by atoms with van der Waals surface area (Å²) in [6, 6.07) is 0.598. The molecule has 1 N–H and O–H groups in total. The molecular weight excluding hydrogens is 224 g/mol. The highest BCUT2D eigenvalue weighted by molar-refractivity contribution is 5.04. The fraction of sp³-hybridized carbons (Fsp3) is 1.00. The Morgan fingerprint density at radius 1 is 1.28 bits per heavy atom. The summed E-state index contributed by atoms with van der Waals surface area (Å²) >= 11 is 0. The zero-order chi connectivity index (χ0) is 13.0. The minimum atomic E-state index is 0.362. The molecule has 0 spiro atoms. The number of rotatable bonds is 5. The average Bonchev–Trinajstić information content (AvgIpc) is 2.87. The van der Waals surface area contributed by atoms with Crippen LogP contribution in [0.4, 0.5) is 0 Å². The van der Waals surface area contributed by atoms with Crippen molar-refractivity contribution in [2.24, 2.45) is 5.92 Å². The van der Waals surface area contributed by atoms with Gasteiger partial charge in [0.1, 0.15) is 0 Å². The molecule has 0 aromatic rings. The lowest BCUT2D eigenvalue weighted by Crippen LogP contribution is -2.61. The summed E-state index contributed by atoms with van der Waals surface area (Å²) in [7, 11) is 4.53. The van der Waals surface area contributed by atoms with E-state index in [0.717, 1.165) is 19.8 Å². The van der Waals surface area contributed by atoms with Crippen molar-refractivity contribution in [2.75, 3.05) is 33.9 Å². The van der Waals surface area contributed by atoms with E-state index in [9.17, 15) is 0 Å². The number of nitrogens with zero attached hydrogens (tertiary/aromatic N) is 1. The number of hydrogen-bond acceptors (Lipinski definition) is 3. The van der Waals surface area contributed by atoms with Crippen LogP contribution in [0, 0.1) is 5.92 Å². The molecule has 0 radical (unpaired) electrons. The molecule has 1 heterocycles. The molecule has 2 aliphatic rings. The maximum absolute atomic E-state index is 5.74. The number of nitrogens with one attached hydrogen (secondary N) is 1. The van der Waals surface area contributed by atoms with E-state index in [2.05, 4.69) is 31.2 Å². The van der Waals surface area contributed by atoms with Gasteiger partial charge in [-0.2, -0.15) is 0 Å². The summed E-state index contributed by atoms with van der Waals surface area (Å²) in [6.07, 6.45) is 8.01. The second-order valence-corrected chi connectivity index (χ2v) is 6.22. The van der Waals surface area contributed by atoms with Crippen LogP contribution < -0.4 is 5.32 Å². The zero-order valence-corrected chi connectivity index (χ0v) is 12.4. The van der Waals surface area contributed by atoms with Crippen molar-refractivity contribution in [3.63, 3.8) is 0 Å². The zero-order valence-electron chi connectivity index (χ0n) is 12.4. The predicted molar refractivity (Wildman–Crippen MR) is 75.9 cm³/mol. The van der Waals surface area contributed by atoms with Crippen molar-refractivity contribution in [3.05, 3.63) is 0 Å². The molecule has 106 valence electrons. The highest BCUT2D eigenvalue weighted by atomic mass is 16.5. The first-order valence-electron chi connectivity index (χ1n) is 7.69. The molecule has 1 aliphatic carbocycles. The fourth-order valence-corrected chi connectivity index (χ4v) is 4.07. The summed E-state index contributed by atoms with van der Waals surface area (Å²) in [4.78, 5) is 2.49. The second kappa shape index (κ2) is 6.36. The van der Waals surface area contributed by atoms with E-state index < -0.39 is 0 Å². The van der Waals surface area contributed by atoms with Crippen molar-refractivity contribution >= 4 is 0 Å². The largest absolute Gasteiger partial charge is 0.381 e. The summed E-state index contributed by atoms with van der Waals surface area (Å²) < 4.78 is 5.74. The van der Waals surface area contributed by atoms with Crippen LogP contribution in [-0.4, -0.2) is 50.3 Å². The maximum Gasteiger partial charge on any atom is 0.0509 e. The van der Waals surface area contributed by atoms with Crippen LogP contribution in [0.25, 0.3) is 0 Å². The Balaban J connectivity index is 2.15. The van der Waals surface area contributed by atoms with Gasteiger partial charge in [-0.25, -0.2) is 0 Å². The number of ether oxygens (including phenoxy) is 1. The molecule has 1 saturated heterocycles. The van der Waals surface area contributed by atoms with Gasteiger partial charge in [0.25, 0.3) is 0 Å². The first-order valence-corrected chi connectivity index (χ1v) is 7.69. The van der Waals surface area contributed by atoms with Crippen molar-refractivity contribution in [3.8, 4) is 0 Å². The van der Waals surface area contributed by atoms with Crippen LogP contribution in [0.1, 0.15) is 45.4 Å². The van der Waals surface area contributed by atoms with Crippen LogP contribution >= 0.6 is 0 Å². The van der Waals surface area contributed by atoms with E-state index in [-0.39, 0.29) is 0 Å². The smallest absolute Gasteiger partial charge is 0.0509 e. The molecular formula is C15H30N2O. The minimum Gasteiger partial charge on any atom is -0.381 e. The van der Waals surface area contributed by atoms with Crippen LogP contribution in [0.15, 0.2) is 0 Å². The van der Waals surface area contributed by atoms with Crippen molar-refractivity contribution in [1.82, 2.24) is 10.2 Å². The first kappa shape index (κ1) is 14.3. The fourth-order valence-electron chi connectivity index (χ4n) is 4.07. The molecule has 0 amide bonds. The van der Waals surface area contributed by atoms with Crippen molar-refractivity contribution < 1.29 is 4.74 Å². The van der Waals surface area contributed by atoms with Gasteiger partial charge < -0.3 is 15.0 Å². The molecule has 1 saturated carbocycles. The van der Waals surface area contributed by atoms with Gasteiger partial charge in [-0.15, -0.1) is 0 Å². The Kier molecular flexibility index (Phi) is 5.05. The summed E-state index contributed by atoms with van der Waals surface area (Å²) in [5.41, 5.74) is 0.362. The molecule has 0 bridgehead atoms. The van der Waals surface area contributed by atoms with Gasteiger partial charge in [0.2, 0.25) is 0 Å². The Bertz CT molecular complexity index is 243. The lowest BCUT2D eigenvalue weighted by atomic mass is 9.77. The van der Waals surface area contributed by atoms with Crippen molar-refractivity contribution in [1.29, 1.82) is 0 Å². The van der Waals surface area contributed by atoms with Gasteiger partial charge >= 0.3 is 0 Å². The quantitative estimate of drug-likeness (QED) is 0.814. The minimum absolute atomic E-state index is 0.362. The van der Waals surface area contributed by atoms with E-state index in [0.29, 0.717) is 17.5 Å². The first-order chi connectivity index (χ1) is 8.70. The van der Waals surface area contributed by atoms with Gasteiger partial charge in [0, 0.05) is 18.2 Å². The lowest BCUT2D eigenvalue weighted by Gasteiger charge is -2.48. The highest BCUT2D eigenvalue weighted by Gasteiger charge is 2.46.